The quantitative estimate of drug-likeness (QED) is 0.0881. The highest BCUT2D eigenvalue weighted by molar-refractivity contribution is 7.87. The smallest absolute Gasteiger partial charge is 0.333 e. The molecule has 2 N–H and O–H groups in total. The molecule has 0 aliphatic carbocycles. The maximum Gasteiger partial charge on any atom is 0.333 e. The van der Waals surface area contributed by atoms with Crippen LogP contribution in [0.5, 0.6) is 0 Å². The summed E-state index contributed by atoms with van der Waals surface area (Å²) in [7, 11) is -9.82. The highest BCUT2D eigenvalue weighted by atomic mass is 32.2. The Morgan fingerprint density at radius 1 is 0.625 bits per heavy atom. The zero-order chi connectivity index (χ0) is 30.4. The number of hydrogen-bond donors (Lipinski definition) is 2. The number of carbonyl (C=O) groups excluding carboxylic acids is 8. The lowest BCUT2D eigenvalue weighted by Crippen LogP contribution is -2.36. The van der Waals surface area contributed by atoms with Gasteiger partial charge in [0.1, 0.15) is 13.2 Å². The summed E-state index contributed by atoms with van der Waals surface area (Å²) in [5, 5.41) is -4.52. The van der Waals surface area contributed by atoms with Crippen LogP contribution in [0.25, 0.3) is 0 Å². The van der Waals surface area contributed by atoms with E-state index in [-0.39, 0.29) is 10.1 Å². The lowest BCUT2D eigenvalue weighted by Gasteiger charge is -2.13. The van der Waals surface area contributed by atoms with E-state index in [4.69, 9.17) is 9.11 Å². The van der Waals surface area contributed by atoms with Crippen molar-refractivity contribution in [2.24, 2.45) is 0 Å². The first-order valence-electron chi connectivity index (χ1n) is 10.8. The van der Waals surface area contributed by atoms with Crippen molar-refractivity contribution in [2.75, 3.05) is 13.2 Å². The number of rotatable bonds is 13. The van der Waals surface area contributed by atoms with Crippen LogP contribution in [0.2, 0.25) is 0 Å². The molecule has 2 aliphatic rings. The van der Waals surface area contributed by atoms with Gasteiger partial charge in [0.15, 0.2) is 10.5 Å². The fourth-order valence-electron chi connectivity index (χ4n) is 2.98. The van der Waals surface area contributed by atoms with Crippen LogP contribution in [-0.4, -0.2) is 107 Å². The molecule has 2 aliphatic heterocycles. The fourth-order valence-corrected chi connectivity index (χ4v) is 4.39. The minimum Gasteiger partial charge on any atom is -0.462 e. The molecule has 0 radical (unpaired) electrons. The van der Waals surface area contributed by atoms with Crippen LogP contribution in [0.15, 0.2) is 0 Å². The van der Waals surface area contributed by atoms with Crippen LogP contribution in [0, 0.1) is 0 Å². The van der Waals surface area contributed by atoms with Crippen molar-refractivity contribution in [1.82, 2.24) is 10.1 Å². The van der Waals surface area contributed by atoms with Crippen molar-refractivity contribution in [3.8, 4) is 0 Å². The lowest BCUT2D eigenvalue weighted by atomic mass is 10.3. The van der Waals surface area contributed by atoms with Gasteiger partial charge < -0.3 is 19.1 Å². The summed E-state index contributed by atoms with van der Waals surface area (Å²) >= 11 is 0. The van der Waals surface area contributed by atoms with Gasteiger partial charge in [-0.3, -0.25) is 37.9 Å². The Kier molecular flexibility index (Phi) is 10.4. The van der Waals surface area contributed by atoms with Gasteiger partial charge in [-0.05, 0) is 0 Å². The first kappa shape index (κ1) is 32.2. The summed E-state index contributed by atoms with van der Waals surface area (Å²) in [6, 6.07) is 0. The summed E-state index contributed by atoms with van der Waals surface area (Å²) in [6.07, 6.45) is -4.54. The third-order valence-electron chi connectivity index (χ3n) is 4.91. The normalized spacial score (nSPS) is 19.6. The van der Waals surface area contributed by atoms with E-state index in [2.05, 4.69) is 19.1 Å². The van der Waals surface area contributed by atoms with E-state index in [9.17, 15) is 55.2 Å². The Hall–Kier alpha value is -4.02. The van der Waals surface area contributed by atoms with Gasteiger partial charge in [0.25, 0.3) is 43.9 Å². The molecule has 0 aromatic heterocycles. The number of amides is 4. The average molecular weight is 616 g/mol. The maximum atomic E-state index is 11.8. The van der Waals surface area contributed by atoms with E-state index in [1.54, 1.807) is 0 Å². The van der Waals surface area contributed by atoms with Crippen molar-refractivity contribution in [3.05, 3.63) is 0 Å². The van der Waals surface area contributed by atoms with E-state index in [0.29, 0.717) is 0 Å². The minimum atomic E-state index is -4.91. The number of esters is 2. The molecule has 2 unspecified atom stereocenters. The summed E-state index contributed by atoms with van der Waals surface area (Å²) in [4.78, 5) is 102. The molecule has 40 heavy (non-hydrogen) atoms. The van der Waals surface area contributed by atoms with Crippen LogP contribution >= 0.6 is 0 Å². The topological polar surface area (TPSA) is 289 Å². The largest absolute Gasteiger partial charge is 0.462 e. The van der Waals surface area contributed by atoms with Crippen molar-refractivity contribution in [1.29, 1.82) is 0 Å². The van der Waals surface area contributed by atoms with Crippen LogP contribution in [0.1, 0.15) is 38.5 Å². The molecule has 2 atom stereocenters. The molecule has 22 heteroatoms. The number of ether oxygens (including phenoxy) is 2. The van der Waals surface area contributed by atoms with Gasteiger partial charge in [0.2, 0.25) is 0 Å². The Bertz CT molecular complexity index is 1230. The lowest BCUT2D eigenvalue weighted by molar-refractivity contribution is -0.197. The Balaban J connectivity index is 1.62. The summed E-state index contributed by atoms with van der Waals surface area (Å²) < 4.78 is 71.3. The fraction of sp³-hybridized carbons (Fsp3) is 0.556. The zero-order valence-corrected chi connectivity index (χ0v) is 21.6. The monoisotopic (exact) mass is 616 g/mol. The molecule has 0 spiro atoms. The van der Waals surface area contributed by atoms with E-state index >= 15 is 0 Å². The molecule has 0 saturated carbocycles. The van der Waals surface area contributed by atoms with E-state index in [1.165, 1.54) is 0 Å². The molecule has 2 heterocycles. The number of carbonyl (C=O) groups is 8. The van der Waals surface area contributed by atoms with E-state index in [0.717, 1.165) is 0 Å². The van der Waals surface area contributed by atoms with Crippen molar-refractivity contribution in [2.45, 2.75) is 49.0 Å². The second-order valence-corrected chi connectivity index (χ2v) is 11.0. The standard InChI is InChI=1S/C18H20N2O18S2/c21-11-7-9(39(29,30)31)17(27)19(11)37-15(25)3-1-13(23)35-5-6-36-14(24)2-4-16(26)38-20-12(22)8-10(18(20)28)40(32,33)34/h9-10H,1-8H2,(H,29,30,31)(H,32,33,34). The van der Waals surface area contributed by atoms with Gasteiger partial charge >= 0.3 is 23.9 Å². The molecule has 2 fully saturated rings. The maximum absolute atomic E-state index is 11.8. The number of hydroxylamine groups is 4. The third-order valence-corrected chi connectivity index (χ3v) is 7.08. The summed E-state index contributed by atoms with van der Waals surface area (Å²) in [5.74, 6) is -9.95. The van der Waals surface area contributed by atoms with Crippen molar-refractivity contribution < 1.29 is 83.4 Å². The molecule has 20 nitrogen and oxygen atoms in total. The Morgan fingerprint density at radius 3 is 1.20 bits per heavy atom. The zero-order valence-electron chi connectivity index (χ0n) is 19.9. The first-order valence-corrected chi connectivity index (χ1v) is 13.8. The van der Waals surface area contributed by atoms with Gasteiger partial charge in [-0.2, -0.15) is 16.8 Å². The van der Waals surface area contributed by atoms with Gasteiger partial charge in [0, 0.05) is 0 Å². The van der Waals surface area contributed by atoms with Crippen LogP contribution in [0.4, 0.5) is 0 Å². The van der Waals surface area contributed by atoms with Gasteiger partial charge in [-0.15, -0.1) is 10.1 Å². The molecule has 0 aromatic carbocycles. The van der Waals surface area contributed by atoms with Crippen LogP contribution in [0.3, 0.4) is 0 Å². The molecule has 2 rings (SSSR count). The van der Waals surface area contributed by atoms with Gasteiger partial charge in [-0.25, -0.2) is 9.59 Å². The van der Waals surface area contributed by atoms with Gasteiger partial charge in [0.05, 0.1) is 38.5 Å². The molecular formula is C18H20N2O18S2. The molecular weight excluding hydrogens is 596 g/mol. The minimum absolute atomic E-state index is 0.140. The predicted octanol–water partition coefficient (Wildman–Crippen LogP) is -3.42. The van der Waals surface area contributed by atoms with Gasteiger partial charge in [-0.1, -0.05) is 0 Å². The SMILES string of the molecule is O=C(CCC(=O)ON1C(=O)CC(S(=O)(=O)O)C1=O)OCCOC(=O)CCC(=O)ON1C(=O)CC(S(=O)(=O)O)C1=O. The molecule has 2 saturated heterocycles. The van der Waals surface area contributed by atoms with Crippen molar-refractivity contribution in [3.63, 3.8) is 0 Å². The number of hydrogen-bond acceptors (Lipinski definition) is 16. The number of imide groups is 2. The average Bonchev–Trinajstić information content (AvgIpc) is 3.29. The molecule has 222 valence electrons. The van der Waals surface area contributed by atoms with Crippen molar-refractivity contribution >= 4 is 67.7 Å². The molecule has 0 bridgehead atoms. The molecule has 4 amide bonds. The van der Waals surface area contributed by atoms with E-state index < -0.39 is 130 Å². The van der Waals surface area contributed by atoms with Crippen LogP contribution < -0.4 is 0 Å². The third kappa shape index (κ3) is 8.75. The summed E-state index contributed by atoms with van der Waals surface area (Å²) in [6.45, 7) is -1.01. The highest BCUT2D eigenvalue weighted by Crippen LogP contribution is 2.21. The van der Waals surface area contributed by atoms with Crippen LogP contribution in [-0.2, 0) is 77.7 Å². The Morgan fingerprint density at radius 2 is 0.925 bits per heavy atom. The predicted molar refractivity (Wildman–Crippen MR) is 116 cm³/mol. The second kappa shape index (κ2) is 12.9. The Labute approximate surface area is 223 Å². The molecule has 0 aromatic rings. The van der Waals surface area contributed by atoms with E-state index in [1.807, 2.05) is 0 Å². The summed E-state index contributed by atoms with van der Waals surface area (Å²) in [5.41, 5.74) is 0. The number of nitrogens with zero attached hydrogens (tertiary/aromatic N) is 2. The highest BCUT2D eigenvalue weighted by Gasteiger charge is 2.49. The first-order chi connectivity index (χ1) is 18.4. The second-order valence-electron chi connectivity index (χ2n) is 7.84.